The zero-order chi connectivity index (χ0) is 12.3. The minimum atomic E-state index is 0.480. The molecule has 0 aromatic carbocycles. The van der Waals surface area contributed by atoms with E-state index in [-0.39, 0.29) is 0 Å². The summed E-state index contributed by atoms with van der Waals surface area (Å²) in [4.78, 5) is 2.70. The van der Waals surface area contributed by atoms with Gasteiger partial charge < -0.3 is 10.6 Å². The summed E-state index contributed by atoms with van der Waals surface area (Å²) in [6, 6.07) is 2.14. The van der Waals surface area contributed by atoms with Gasteiger partial charge in [0.15, 0.2) is 0 Å². The van der Waals surface area contributed by atoms with Crippen molar-refractivity contribution in [2.75, 3.05) is 7.05 Å². The molecule has 0 aromatic rings. The van der Waals surface area contributed by atoms with E-state index < -0.39 is 0 Å². The first-order valence-corrected chi connectivity index (χ1v) is 7.64. The summed E-state index contributed by atoms with van der Waals surface area (Å²) in [5.41, 5.74) is 6.00. The van der Waals surface area contributed by atoms with Crippen LogP contribution in [0.1, 0.15) is 64.7 Å². The van der Waals surface area contributed by atoms with Gasteiger partial charge in [0.1, 0.15) is 0 Å². The molecule has 2 saturated carbocycles. The second-order valence-electron chi connectivity index (χ2n) is 6.50. The van der Waals surface area contributed by atoms with Crippen molar-refractivity contribution in [3.05, 3.63) is 0 Å². The molecule has 0 heterocycles. The Morgan fingerprint density at radius 1 is 0.824 bits per heavy atom. The van der Waals surface area contributed by atoms with Crippen molar-refractivity contribution in [3.8, 4) is 0 Å². The van der Waals surface area contributed by atoms with E-state index in [1.165, 1.54) is 57.8 Å². The smallest absolute Gasteiger partial charge is 0.00962 e. The molecule has 2 atom stereocenters. The van der Waals surface area contributed by atoms with Crippen molar-refractivity contribution in [2.24, 2.45) is 11.7 Å². The van der Waals surface area contributed by atoms with E-state index in [2.05, 4.69) is 18.9 Å². The third-order valence-electron chi connectivity index (χ3n) is 5.12. The largest absolute Gasteiger partial charge is 0.328 e. The Balaban J connectivity index is 1.83. The number of nitrogens with two attached hydrogens (primary N) is 1. The maximum Gasteiger partial charge on any atom is 0.00962 e. The van der Waals surface area contributed by atoms with Crippen LogP contribution in [-0.4, -0.2) is 30.1 Å². The summed E-state index contributed by atoms with van der Waals surface area (Å²) in [5, 5.41) is 0. The SMILES string of the molecule is CC1CCCC(N(C)C2CCC(N)CC2)CC1. The lowest BCUT2D eigenvalue weighted by Gasteiger charge is -2.38. The second-order valence-corrected chi connectivity index (χ2v) is 6.50. The minimum absolute atomic E-state index is 0.480. The lowest BCUT2D eigenvalue weighted by Crippen LogP contribution is -2.43. The van der Waals surface area contributed by atoms with E-state index in [0.29, 0.717) is 6.04 Å². The summed E-state index contributed by atoms with van der Waals surface area (Å²) in [6.07, 6.45) is 12.3. The van der Waals surface area contributed by atoms with E-state index in [1.54, 1.807) is 0 Å². The Morgan fingerprint density at radius 3 is 2.12 bits per heavy atom. The molecule has 0 bridgehead atoms. The number of hydrogen-bond acceptors (Lipinski definition) is 2. The molecule has 2 nitrogen and oxygen atoms in total. The van der Waals surface area contributed by atoms with Crippen LogP contribution >= 0.6 is 0 Å². The highest BCUT2D eigenvalue weighted by Gasteiger charge is 2.27. The minimum Gasteiger partial charge on any atom is -0.328 e. The van der Waals surface area contributed by atoms with E-state index in [9.17, 15) is 0 Å². The third kappa shape index (κ3) is 3.69. The zero-order valence-corrected chi connectivity index (χ0v) is 11.7. The van der Waals surface area contributed by atoms with Gasteiger partial charge in [0.05, 0.1) is 0 Å². The van der Waals surface area contributed by atoms with Crippen LogP contribution in [0.4, 0.5) is 0 Å². The lowest BCUT2D eigenvalue weighted by atomic mass is 9.89. The molecular formula is C15H30N2. The van der Waals surface area contributed by atoms with Crippen LogP contribution in [0, 0.1) is 5.92 Å². The lowest BCUT2D eigenvalue weighted by molar-refractivity contribution is 0.120. The molecule has 2 N–H and O–H groups in total. The molecule has 0 amide bonds. The molecule has 2 aliphatic rings. The predicted molar refractivity (Wildman–Crippen MR) is 74.0 cm³/mol. The monoisotopic (exact) mass is 238 g/mol. The molecule has 100 valence electrons. The fourth-order valence-electron chi connectivity index (χ4n) is 3.68. The van der Waals surface area contributed by atoms with Gasteiger partial charge in [-0.25, -0.2) is 0 Å². The molecule has 17 heavy (non-hydrogen) atoms. The van der Waals surface area contributed by atoms with E-state index in [0.717, 1.165) is 18.0 Å². The molecule has 0 spiro atoms. The van der Waals surface area contributed by atoms with Gasteiger partial charge in [-0.05, 0) is 57.9 Å². The zero-order valence-electron chi connectivity index (χ0n) is 11.7. The highest BCUT2D eigenvalue weighted by Crippen LogP contribution is 2.29. The van der Waals surface area contributed by atoms with Crippen LogP contribution in [0.15, 0.2) is 0 Å². The number of rotatable bonds is 2. The van der Waals surface area contributed by atoms with Crippen molar-refractivity contribution in [1.29, 1.82) is 0 Å². The van der Waals surface area contributed by atoms with Gasteiger partial charge in [-0.2, -0.15) is 0 Å². The first-order valence-electron chi connectivity index (χ1n) is 7.64. The maximum absolute atomic E-state index is 6.00. The first-order chi connectivity index (χ1) is 8.16. The van der Waals surface area contributed by atoms with E-state index in [1.807, 2.05) is 0 Å². The van der Waals surface area contributed by atoms with Crippen molar-refractivity contribution in [1.82, 2.24) is 4.90 Å². The van der Waals surface area contributed by atoms with Gasteiger partial charge in [-0.3, -0.25) is 0 Å². The molecule has 2 rings (SSSR count). The van der Waals surface area contributed by atoms with Crippen LogP contribution in [0.2, 0.25) is 0 Å². The van der Waals surface area contributed by atoms with E-state index >= 15 is 0 Å². The number of nitrogens with zero attached hydrogens (tertiary/aromatic N) is 1. The summed E-state index contributed by atoms with van der Waals surface area (Å²) in [7, 11) is 2.36. The molecule has 2 heteroatoms. The van der Waals surface area contributed by atoms with Gasteiger partial charge in [-0.1, -0.05) is 19.8 Å². The van der Waals surface area contributed by atoms with Gasteiger partial charge >= 0.3 is 0 Å². The van der Waals surface area contributed by atoms with E-state index in [4.69, 9.17) is 5.73 Å². The topological polar surface area (TPSA) is 29.3 Å². The fraction of sp³-hybridized carbons (Fsp3) is 1.00. The van der Waals surface area contributed by atoms with Crippen molar-refractivity contribution < 1.29 is 0 Å². The maximum atomic E-state index is 6.00. The summed E-state index contributed by atoms with van der Waals surface area (Å²) in [6.45, 7) is 2.42. The quantitative estimate of drug-likeness (QED) is 0.749. The molecule has 2 fully saturated rings. The Morgan fingerprint density at radius 2 is 1.41 bits per heavy atom. The van der Waals surface area contributed by atoms with Crippen LogP contribution < -0.4 is 5.73 Å². The predicted octanol–water partition coefficient (Wildman–Crippen LogP) is 3.16. The fourth-order valence-corrected chi connectivity index (χ4v) is 3.68. The summed E-state index contributed by atoms with van der Waals surface area (Å²) < 4.78 is 0. The van der Waals surface area contributed by atoms with Crippen LogP contribution in [0.3, 0.4) is 0 Å². The Bertz CT molecular complexity index is 221. The normalized spacial score (nSPS) is 40.2. The van der Waals surface area contributed by atoms with Gasteiger partial charge in [0.25, 0.3) is 0 Å². The van der Waals surface area contributed by atoms with Crippen LogP contribution in [0.25, 0.3) is 0 Å². The van der Waals surface area contributed by atoms with Gasteiger partial charge in [0, 0.05) is 18.1 Å². The van der Waals surface area contributed by atoms with Crippen molar-refractivity contribution in [3.63, 3.8) is 0 Å². The molecule has 0 aliphatic heterocycles. The van der Waals surface area contributed by atoms with Crippen molar-refractivity contribution in [2.45, 2.75) is 82.8 Å². The average Bonchev–Trinajstić information content (AvgIpc) is 2.54. The highest BCUT2D eigenvalue weighted by atomic mass is 15.2. The van der Waals surface area contributed by atoms with Gasteiger partial charge in [0.2, 0.25) is 0 Å². The van der Waals surface area contributed by atoms with Crippen molar-refractivity contribution >= 4 is 0 Å². The molecule has 0 radical (unpaired) electrons. The van der Waals surface area contributed by atoms with Crippen LogP contribution in [-0.2, 0) is 0 Å². The van der Waals surface area contributed by atoms with Crippen LogP contribution in [0.5, 0.6) is 0 Å². The summed E-state index contributed by atoms with van der Waals surface area (Å²) in [5.74, 6) is 0.952. The average molecular weight is 238 g/mol. The molecule has 0 aromatic heterocycles. The third-order valence-corrected chi connectivity index (χ3v) is 5.12. The summed E-state index contributed by atoms with van der Waals surface area (Å²) >= 11 is 0. The Kier molecular flexibility index (Phi) is 4.87. The molecule has 2 unspecified atom stereocenters. The Labute approximate surface area is 107 Å². The molecule has 2 aliphatic carbocycles. The molecule has 0 saturated heterocycles. The number of hydrogen-bond donors (Lipinski definition) is 1. The highest BCUT2D eigenvalue weighted by molar-refractivity contribution is 4.84. The van der Waals surface area contributed by atoms with Gasteiger partial charge in [-0.15, -0.1) is 0 Å². The Hall–Kier alpha value is -0.0800. The first kappa shape index (κ1) is 13.4. The second kappa shape index (κ2) is 6.19. The molecular weight excluding hydrogens is 208 g/mol. The standard InChI is InChI=1S/C15H30N2/c1-12-4-3-5-14(9-6-12)17(2)15-10-7-13(16)8-11-15/h12-15H,3-11,16H2,1-2H3.